The van der Waals surface area contributed by atoms with Crippen molar-refractivity contribution in [3.63, 3.8) is 0 Å². The molecule has 0 saturated carbocycles. The van der Waals surface area contributed by atoms with E-state index in [1.165, 1.54) is 22.9 Å². The second-order valence-electron chi connectivity index (χ2n) is 8.89. The van der Waals surface area contributed by atoms with Crippen LogP contribution in [0.25, 0.3) is 0 Å². The van der Waals surface area contributed by atoms with Crippen molar-refractivity contribution in [3.8, 4) is 11.5 Å². The summed E-state index contributed by atoms with van der Waals surface area (Å²) in [6.07, 6.45) is 2.35. The number of benzene rings is 2. The molecule has 0 spiro atoms. The van der Waals surface area contributed by atoms with Crippen LogP contribution < -0.4 is 33.5 Å². The van der Waals surface area contributed by atoms with Gasteiger partial charge in [0.1, 0.15) is 14.1 Å². The van der Waals surface area contributed by atoms with E-state index in [1.54, 1.807) is 14.2 Å². The zero-order valence-corrected chi connectivity index (χ0v) is 20.5. The minimum absolute atomic E-state index is 0. The Morgan fingerprint density at radius 3 is 2.15 bits per heavy atom. The molecular weight excluding hydrogens is 465 g/mol. The van der Waals surface area contributed by atoms with E-state index in [2.05, 4.69) is 69.2 Å². The maximum Gasteiger partial charge on any atom is 0.161 e. The first-order valence-corrected chi connectivity index (χ1v) is 13.1. The van der Waals surface area contributed by atoms with Crippen molar-refractivity contribution in [2.24, 2.45) is 0 Å². The summed E-state index contributed by atoms with van der Waals surface area (Å²) < 4.78 is 12.3. The molecule has 0 aliphatic carbocycles. The molecule has 1 aliphatic heterocycles. The van der Waals surface area contributed by atoms with Gasteiger partial charge in [0.2, 0.25) is 0 Å². The van der Waals surface area contributed by atoms with Gasteiger partial charge in [-0.1, -0.05) is 50.0 Å². The van der Waals surface area contributed by atoms with Crippen molar-refractivity contribution in [2.45, 2.75) is 32.1 Å². The van der Waals surface area contributed by atoms with Crippen molar-refractivity contribution in [1.29, 1.82) is 0 Å². The summed E-state index contributed by atoms with van der Waals surface area (Å²) in [7, 11) is 4.64. The summed E-state index contributed by atoms with van der Waals surface area (Å²) >= 11 is 0. The van der Waals surface area contributed by atoms with E-state index in [0.29, 0.717) is 6.04 Å². The number of hydrogen-bond donors (Lipinski definition) is 0. The summed E-state index contributed by atoms with van der Waals surface area (Å²) in [6.45, 7) is 8.58. The zero-order chi connectivity index (χ0) is 18.9. The number of hydrogen-bond acceptors (Lipinski definition) is 2. The van der Waals surface area contributed by atoms with E-state index in [-0.39, 0.29) is 24.0 Å². The van der Waals surface area contributed by atoms with Crippen LogP contribution in [0.3, 0.4) is 0 Å². The number of methoxy groups -OCH3 is 2. The van der Waals surface area contributed by atoms with E-state index >= 15 is 0 Å². The van der Waals surface area contributed by atoms with Crippen molar-refractivity contribution < 1.29 is 37.9 Å². The van der Waals surface area contributed by atoms with Gasteiger partial charge in [-0.2, -0.15) is 0 Å². The third kappa shape index (κ3) is 4.69. The average molecular weight is 497 g/mol. The molecule has 1 heterocycles. The Kier molecular flexibility index (Phi) is 7.03. The Hall–Kier alpha value is -1.05. The molecule has 0 amide bonds. The predicted molar refractivity (Wildman–Crippen MR) is 111 cm³/mol. The maximum absolute atomic E-state index is 5.63. The molecule has 2 atom stereocenters. The highest BCUT2D eigenvalue weighted by molar-refractivity contribution is 6.76. The van der Waals surface area contributed by atoms with Gasteiger partial charge in [0.15, 0.2) is 11.5 Å². The van der Waals surface area contributed by atoms with Crippen LogP contribution in [0.15, 0.2) is 42.5 Å². The first-order chi connectivity index (χ1) is 12.3. The van der Waals surface area contributed by atoms with E-state index in [0.717, 1.165) is 28.9 Å². The molecule has 0 N–H and O–H groups in total. The fourth-order valence-electron chi connectivity index (χ4n) is 4.68. The molecule has 5 heteroatoms. The lowest BCUT2D eigenvalue weighted by Crippen LogP contribution is -3.00. The lowest BCUT2D eigenvalue weighted by Gasteiger charge is -2.48. The van der Waals surface area contributed by atoms with Crippen LogP contribution in [0, 0.1) is 0 Å². The maximum atomic E-state index is 5.63. The van der Waals surface area contributed by atoms with Crippen molar-refractivity contribution in [2.75, 3.05) is 34.0 Å². The Bertz CT molecular complexity index is 776. The van der Waals surface area contributed by atoms with Crippen LogP contribution >= 0.6 is 0 Å². The third-order valence-electron chi connectivity index (χ3n) is 5.41. The largest absolute Gasteiger partial charge is 1.00 e. The Morgan fingerprint density at radius 2 is 1.59 bits per heavy atom. The standard InChI is InChI=1S/C22H32NO2Si.HI/c1-23(16-26(4,5)6)13-12-18-14-20(24-2)21(25-3)15-19(18)22(23)17-10-8-7-9-11-17;/h7-11,14-15,22H,12-13,16H2,1-6H3;1H/q+1;/p-1/t22-,23-;/m0./s1. The molecule has 2 aromatic carbocycles. The van der Waals surface area contributed by atoms with Crippen molar-refractivity contribution >= 4 is 8.07 Å². The van der Waals surface area contributed by atoms with Gasteiger partial charge in [-0.05, 0) is 17.7 Å². The summed E-state index contributed by atoms with van der Waals surface area (Å²) in [5.41, 5.74) is 4.17. The third-order valence-corrected chi connectivity index (χ3v) is 7.08. The molecule has 148 valence electrons. The van der Waals surface area contributed by atoms with Gasteiger partial charge in [-0.25, -0.2) is 0 Å². The monoisotopic (exact) mass is 497 g/mol. The van der Waals surface area contributed by atoms with Crippen LogP contribution in [0.5, 0.6) is 11.5 Å². The van der Waals surface area contributed by atoms with Gasteiger partial charge in [0.05, 0.1) is 34.0 Å². The number of nitrogens with zero attached hydrogens (tertiary/aromatic N) is 1. The summed E-state index contributed by atoms with van der Waals surface area (Å²) in [5, 5.41) is 0. The van der Waals surface area contributed by atoms with E-state index in [4.69, 9.17) is 9.47 Å². The van der Waals surface area contributed by atoms with Gasteiger partial charge in [-0.15, -0.1) is 0 Å². The number of fused-ring (bicyclic) bond motifs is 1. The van der Waals surface area contributed by atoms with E-state index in [9.17, 15) is 0 Å². The molecule has 0 aromatic heterocycles. The second-order valence-corrected chi connectivity index (χ2v) is 14.3. The highest BCUT2D eigenvalue weighted by Crippen LogP contribution is 2.44. The molecule has 0 radical (unpaired) electrons. The minimum Gasteiger partial charge on any atom is -1.00 e. The zero-order valence-electron chi connectivity index (χ0n) is 17.4. The van der Waals surface area contributed by atoms with Crippen LogP contribution in [0.2, 0.25) is 19.6 Å². The molecule has 0 saturated heterocycles. The highest BCUT2D eigenvalue weighted by Gasteiger charge is 2.43. The SMILES string of the molecule is COc1cc2c(cc1OC)[C@H](c1ccccc1)[N@+](C)(C[Si](C)(C)C)CC2.[I-]. The number of halogens is 1. The number of rotatable bonds is 5. The second kappa shape index (κ2) is 8.53. The number of ether oxygens (including phenoxy) is 2. The summed E-state index contributed by atoms with van der Waals surface area (Å²) in [6, 6.07) is 15.7. The quantitative estimate of drug-likeness (QED) is 0.356. The molecule has 27 heavy (non-hydrogen) atoms. The van der Waals surface area contributed by atoms with Gasteiger partial charge >= 0.3 is 0 Å². The summed E-state index contributed by atoms with van der Waals surface area (Å²) in [4.78, 5) is 0. The fourth-order valence-corrected chi connectivity index (χ4v) is 7.19. The lowest BCUT2D eigenvalue weighted by atomic mass is 9.86. The lowest BCUT2D eigenvalue weighted by molar-refractivity contribution is -0.926. The Balaban J connectivity index is 0.00000261. The molecule has 0 bridgehead atoms. The van der Waals surface area contributed by atoms with Gasteiger partial charge in [-0.3, -0.25) is 0 Å². The van der Waals surface area contributed by atoms with E-state index < -0.39 is 8.07 Å². The molecule has 0 fully saturated rings. The fraction of sp³-hybridized carbons (Fsp3) is 0.455. The Morgan fingerprint density at radius 1 is 1.00 bits per heavy atom. The molecule has 3 nitrogen and oxygen atoms in total. The molecule has 0 unspecified atom stereocenters. The Labute approximate surface area is 182 Å². The van der Waals surface area contributed by atoms with Gasteiger partial charge in [0, 0.05) is 17.5 Å². The molecule has 1 aliphatic rings. The topological polar surface area (TPSA) is 18.5 Å². The van der Waals surface area contributed by atoms with Crippen LogP contribution in [0.4, 0.5) is 0 Å². The number of likely N-dealkylation sites (N-methyl/N-ethyl adjacent to an activating group) is 1. The predicted octanol–water partition coefficient (Wildman–Crippen LogP) is 1.68. The first-order valence-electron chi connectivity index (χ1n) is 9.41. The number of quaternary nitrogens is 1. The molecule has 3 rings (SSSR count). The molecule has 2 aromatic rings. The van der Waals surface area contributed by atoms with Crippen LogP contribution in [-0.2, 0) is 6.42 Å². The smallest absolute Gasteiger partial charge is 0.161 e. The van der Waals surface area contributed by atoms with E-state index in [1.807, 2.05) is 0 Å². The summed E-state index contributed by atoms with van der Waals surface area (Å²) in [5.74, 6) is 1.66. The van der Waals surface area contributed by atoms with Gasteiger partial charge < -0.3 is 37.9 Å². The van der Waals surface area contributed by atoms with Crippen LogP contribution in [0.1, 0.15) is 22.7 Å². The first kappa shape index (κ1) is 22.2. The molecular formula is C22H32INO2Si. The van der Waals surface area contributed by atoms with Crippen molar-refractivity contribution in [1.82, 2.24) is 0 Å². The normalized spacial score (nSPS) is 21.8. The average Bonchev–Trinajstić information content (AvgIpc) is 2.59. The van der Waals surface area contributed by atoms with Gasteiger partial charge in [0.25, 0.3) is 0 Å². The van der Waals surface area contributed by atoms with Crippen molar-refractivity contribution in [3.05, 3.63) is 59.2 Å². The van der Waals surface area contributed by atoms with Crippen LogP contribution in [-0.4, -0.2) is 46.5 Å². The minimum atomic E-state index is -1.24. The highest BCUT2D eigenvalue weighted by atomic mass is 127.